The van der Waals surface area contributed by atoms with E-state index in [0.29, 0.717) is 22.8 Å². The highest BCUT2D eigenvalue weighted by Gasteiger charge is 2.09. The number of rotatable bonds is 8. The van der Waals surface area contributed by atoms with Gasteiger partial charge in [-0.1, -0.05) is 25.4 Å². The highest BCUT2D eigenvalue weighted by atomic mass is 35.5. The Labute approximate surface area is 126 Å². The van der Waals surface area contributed by atoms with E-state index in [9.17, 15) is 4.79 Å². The Morgan fingerprint density at radius 3 is 2.50 bits per heavy atom. The molecule has 0 heterocycles. The molecule has 0 unspecified atom stereocenters. The Morgan fingerprint density at radius 1 is 1.25 bits per heavy atom. The summed E-state index contributed by atoms with van der Waals surface area (Å²) in [6, 6.07) is 5.07. The molecule has 112 valence electrons. The van der Waals surface area contributed by atoms with Crippen LogP contribution in [0.25, 0.3) is 0 Å². The average Bonchev–Trinajstić information content (AvgIpc) is 2.41. The number of carbonyl (C=O) groups excluding carboxylic acids is 1. The summed E-state index contributed by atoms with van der Waals surface area (Å²) in [5.74, 6) is -0.0313. The highest BCUT2D eigenvalue weighted by Crippen LogP contribution is 2.22. The highest BCUT2D eigenvalue weighted by molar-refractivity contribution is 6.31. The molecule has 0 radical (unpaired) electrons. The minimum Gasteiger partial charge on any atom is -0.397 e. The lowest BCUT2D eigenvalue weighted by atomic mass is 10.2. The SMILES string of the molecule is CCCN(CCC)CCC(=O)Nc1cc(Cl)ccc1N. The molecule has 0 atom stereocenters. The molecule has 0 saturated heterocycles. The van der Waals surface area contributed by atoms with Crippen molar-refractivity contribution in [2.45, 2.75) is 33.1 Å². The average molecular weight is 298 g/mol. The van der Waals surface area contributed by atoms with Gasteiger partial charge in [-0.25, -0.2) is 0 Å². The number of nitrogen functional groups attached to an aromatic ring is 1. The lowest BCUT2D eigenvalue weighted by molar-refractivity contribution is -0.116. The molecule has 0 aliphatic heterocycles. The molecule has 20 heavy (non-hydrogen) atoms. The van der Waals surface area contributed by atoms with Gasteiger partial charge in [0.15, 0.2) is 0 Å². The number of anilines is 2. The first-order valence-electron chi connectivity index (χ1n) is 7.14. The van der Waals surface area contributed by atoms with Gasteiger partial charge < -0.3 is 16.0 Å². The summed E-state index contributed by atoms with van der Waals surface area (Å²) in [7, 11) is 0. The number of nitrogens with zero attached hydrogens (tertiary/aromatic N) is 1. The Bertz CT molecular complexity index is 431. The smallest absolute Gasteiger partial charge is 0.225 e. The van der Waals surface area contributed by atoms with Gasteiger partial charge in [0.2, 0.25) is 5.91 Å². The van der Waals surface area contributed by atoms with Crippen LogP contribution in [0.2, 0.25) is 5.02 Å². The summed E-state index contributed by atoms with van der Waals surface area (Å²) in [5, 5.41) is 3.38. The number of nitrogens with two attached hydrogens (primary N) is 1. The molecule has 5 heteroatoms. The third-order valence-corrected chi connectivity index (χ3v) is 3.26. The molecular formula is C15H24ClN3O. The molecule has 0 saturated carbocycles. The van der Waals surface area contributed by atoms with Crippen molar-refractivity contribution in [2.75, 3.05) is 30.7 Å². The van der Waals surface area contributed by atoms with E-state index < -0.39 is 0 Å². The van der Waals surface area contributed by atoms with Crippen molar-refractivity contribution in [1.82, 2.24) is 4.90 Å². The van der Waals surface area contributed by atoms with Gasteiger partial charge in [0, 0.05) is 18.0 Å². The lowest BCUT2D eigenvalue weighted by Crippen LogP contribution is -2.29. The van der Waals surface area contributed by atoms with Gasteiger partial charge in [-0.2, -0.15) is 0 Å². The van der Waals surface area contributed by atoms with Gasteiger partial charge in [0.05, 0.1) is 11.4 Å². The lowest BCUT2D eigenvalue weighted by Gasteiger charge is -2.20. The van der Waals surface area contributed by atoms with E-state index in [-0.39, 0.29) is 5.91 Å². The molecule has 0 bridgehead atoms. The zero-order valence-electron chi connectivity index (χ0n) is 12.3. The Balaban J connectivity index is 2.48. The predicted molar refractivity (Wildman–Crippen MR) is 86.1 cm³/mol. The van der Waals surface area contributed by atoms with E-state index in [1.807, 2.05) is 0 Å². The van der Waals surface area contributed by atoms with Crippen molar-refractivity contribution in [3.63, 3.8) is 0 Å². The van der Waals surface area contributed by atoms with Gasteiger partial charge in [-0.3, -0.25) is 4.79 Å². The van der Waals surface area contributed by atoms with Crippen LogP contribution in [0.5, 0.6) is 0 Å². The molecule has 4 nitrogen and oxygen atoms in total. The van der Waals surface area contributed by atoms with E-state index in [0.717, 1.165) is 32.5 Å². The fourth-order valence-corrected chi connectivity index (χ4v) is 2.25. The Morgan fingerprint density at radius 2 is 1.90 bits per heavy atom. The normalized spacial score (nSPS) is 10.8. The molecule has 0 aliphatic rings. The zero-order valence-corrected chi connectivity index (χ0v) is 13.0. The monoisotopic (exact) mass is 297 g/mol. The van der Waals surface area contributed by atoms with Crippen LogP contribution in [0.1, 0.15) is 33.1 Å². The van der Waals surface area contributed by atoms with Crippen molar-refractivity contribution in [3.05, 3.63) is 23.2 Å². The first-order chi connectivity index (χ1) is 9.56. The first kappa shape index (κ1) is 16.8. The number of hydrogen-bond donors (Lipinski definition) is 2. The van der Waals surface area contributed by atoms with Crippen molar-refractivity contribution < 1.29 is 4.79 Å². The van der Waals surface area contributed by atoms with Crippen LogP contribution < -0.4 is 11.1 Å². The number of hydrogen-bond acceptors (Lipinski definition) is 3. The Kier molecular flexibility index (Phi) is 7.41. The van der Waals surface area contributed by atoms with E-state index >= 15 is 0 Å². The summed E-state index contributed by atoms with van der Waals surface area (Å²) >= 11 is 5.90. The number of amides is 1. The quantitative estimate of drug-likeness (QED) is 0.723. The fraction of sp³-hybridized carbons (Fsp3) is 0.533. The van der Waals surface area contributed by atoms with Gasteiger partial charge in [0.25, 0.3) is 0 Å². The van der Waals surface area contributed by atoms with Gasteiger partial charge in [0.1, 0.15) is 0 Å². The van der Waals surface area contributed by atoms with Crippen LogP contribution >= 0.6 is 11.6 Å². The van der Waals surface area contributed by atoms with Crippen LogP contribution in [0, 0.1) is 0 Å². The van der Waals surface area contributed by atoms with E-state index in [4.69, 9.17) is 17.3 Å². The maximum atomic E-state index is 12.0. The van der Waals surface area contributed by atoms with E-state index in [1.54, 1.807) is 18.2 Å². The fourth-order valence-electron chi connectivity index (χ4n) is 2.08. The number of carbonyl (C=O) groups is 1. The van der Waals surface area contributed by atoms with Crippen molar-refractivity contribution in [2.24, 2.45) is 0 Å². The third-order valence-electron chi connectivity index (χ3n) is 3.02. The van der Waals surface area contributed by atoms with Gasteiger partial charge in [-0.15, -0.1) is 0 Å². The van der Waals surface area contributed by atoms with Crippen molar-refractivity contribution in [3.8, 4) is 0 Å². The Hall–Kier alpha value is -1.26. The van der Waals surface area contributed by atoms with Crippen LogP contribution in [0.3, 0.4) is 0 Å². The molecule has 1 rings (SSSR count). The first-order valence-corrected chi connectivity index (χ1v) is 7.51. The largest absolute Gasteiger partial charge is 0.397 e. The summed E-state index contributed by atoms with van der Waals surface area (Å²) in [6.45, 7) is 7.12. The summed E-state index contributed by atoms with van der Waals surface area (Å²) in [4.78, 5) is 14.3. The predicted octanol–water partition coefficient (Wildman–Crippen LogP) is 3.37. The molecule has 0 spiro atoms. The maximum Gasteiger partial charge on any atom is 0.225 e. The molecule has 0 aliphatic carbocycles. The molecule has 1 aromatic rings. The van der Waals surface area contributed by atoms with Crippen LogP contribution in [0.15, 0.2) is 18.2 Å². The van der Waals surface area contributed by atoms with Crippen molar-refractivity contribution >= 4 is 28.9 Å². The summed E-state index contributed by atoms with van der Waals surface area (Å²) in [6.07, 6.45) is 2.66. The second kappa shape index (κ2) is 8.82. The summed E-state index contributed by atoms with van der Waals surface area (Å²) in [5.41, 5.74) is 6.92. The summed E-state index contributed by atoms with van der Waals surface area (Å²) < 4.78 is 0. The van der Waals surface area contributed by atoms with Crippen molar-refractivity contribution in [1.29, 1.82) is 0 Å². The van der Waals surface area contributed by atoms with Crippen LogP contribution in [0.4, 0.5) is 11.4 Å². The third kappa shape index (κ3) is 5.80. The van der Waals surface area contributed by atoms with E-state index in [1.165, 1.54) is 0 Å². The number of benzene rings is 1. The second-order valence-corrected chi connectivity index (χ2v) is 5.31. The number of halogens is 1. The zero-order chi connectivity index (χ0) is 15.0. The standard InChI is InChI=1S/C15H24ClN3O/c1-3-8-19(9-4-2)10-7-15(20)18-14-11-12(16)5-6-13(14)17/h5-6,11H,3-4,7-10,17H2,1-2H3,(H,18,20). The minimum atomic E-state index is -0.0313. The van der Waals surface area contributed by atoms with Gasteiger partial charge >= 0.3 is 0 Å². The second-order valence-electron chi connectivity index (χ2n) is 4.87. The van der Waals surface area contributed by atoms with E-state index in [2.05, 4.69) is 24.1 Å². The van der Waals surface area contributed by atoms with Crippen LogP contribution in [-0.2, 0) is 4.79 Å². The molecule has 0 aromatic heterocycles. The molecule has 3 N–H and O–H groups in total. The molecule has 1 amide bonds. The minimum absolute atomic E-state index is 0.0313. The topological polar surface area (TPSA) is 58.4 Å². The molecule has 1 aromatic carbocycles. The van der Waals surface area contributed by atoms with Crippen LogP contribution in [-0.4, -0.2) is 30.4 Å². The maximum absolute atomic E-state index is 12.0. The van der Waals surface area contributed by atoms with Gasteiger partial charge in [-0.05, 0) is 44.1 Å². The molecule has 0 fully saturated rings. The molecular weight excluding hydrogens is 274 g/mol. The number of nitrogens with one attached hydrogen (secondary N) is 1.